The predicted octanol–water partition coefficient (Wildman–Crippen LogP) is 0.533. The van der Waals surface area contributed by atoms with Gasteiger partial charge in [-0.3, -0.25) is 0 Å². The third-order valence-electron chi connectivity index (χ3n) is 1.96. The molecule has 0 radical (unpaired) electrons. The van der Waals surface area contributed by atoms with Crippen LogP contribution in [0.4, 0.5) is 5.82 Å². The summed E-state index contributed by atoms with van der Waals surface area (Å²) in [7, 11) is 1.87. The molecule has 3 N–H and O–H groups in total. The normalized spacial score (nSPS) is 12.2. The number of aliphatic hydroxyl groups excluding tert-OH is 1. The van der Waals surface area contributed by atoms with E-state index in [-0.39, 0.29) is 6.10 Å². The molecule has 1 heterocycles. The van der Waals surface area contributed by atoms with Crippen molar-refractivity contribution in [2.75, 3.05) is 18.5 Å². The molecule has 4 nitrogen and oxygen atoms in total. The molecule has 0 saturated heterocycles. The summed E-state index contributed by atoms with van der Waals surface area (Å²) in [5, 5.41) is 9.22. The zero-order valence-electron chi connectivity index (χ0n) is 8.84. The molecule has 0 bridgehead atoms. The van der Waals surface area contributed by atoms with Gasteiger partial charge in [0, 0.05) is 25.4 Å². The van der Waals surface area contributed by atoms with E-state index in [0.29, 0.717) is 11.5 Å². The topological polar surface area (TPSA) is 62.4 Å². The van der Waals surface area contributed by atoms with Crippen LogP contribution in [0, 0.1) is 0 Å². The maximum Gasteiger partial charge on any atom is 0.128 e. The molecular weight excluding hydrogens is 210 g/mol. The monoisotopic (exact) mass is 225 g/mol. The molecule has 1 unspecified atom stereocenters. The van der Waals surface area contributed by atoms with Crippen molar-refractivity contribution in [3.8, 4) is 0 Å². The number of pyridine rings is 1. The zero-order chi connectivity index (χ0) is 11.4. The molecule has 1 atom stereocenters. The van der Waals surface area contributed by atoms with Gasteiger partial charge < -0.3 is 15.7 Å². The van der Waals surface area contributed by atoms with Gasteiger partial charge in [-0.25, -0.2) is 4.98 Å². The van der Waals surface area contributed by atoms with E-state index in [4.69, 9.17) is 18.0 Å². The van der Waals surface area contributed by atoms with Gasteiger partial charge in [-0.1, -0.05) is 12.2 Å². The Morgan fingerprint density at radius 2 is 2.33 bits per heavy atom. The minimum absolute atomic E-state index is 0.340. The molecule has 0 aliphatic heterocycles. The highest BCUT2D eigenvalue weighted by atomic mass is 32.1. The summed E-state index contributed by atoms with van der Waals surface area (Å²) < 4.78 is 0. The third-order valence-corrected chi connectivity index (χ3v) is 2.20. The Balaban J connectivity index is 2.75. The van der Waals surface area contributed by atoms with Crippen LogP contribution in [0.1, 0.15) is 12.5 Å². The summed E-state index contributed by atoms with van der Waals surface area (Å²) in [5.74, 6) is 0.788. The molecule has 0 aliphatic rings. The fourth-order valence-electron chi connectivity index (χ4n) is 1.25. The van der Waals surface area contributed by atoms with Crippen LogP contribution < -0.4 is 10.6 Å². The van der Waals surface area contributed by atoms with E-state index in [9.17, 15) is 5.11 Å². The quantitative estimate of drug-likeness (QED) is 0.732. The Kier molecular flexibility index (Phi) is 3.99. The van der Waals surface area contributed by atoms with E-state index in [2.05, 4.69) is 4.98 Å². The number of nitrogens with two attached hydrogens (primary N) is 1. The van der Waals surface area contributed by atoms with Crippen LogP contribution in [-0.2, 0) is 0 Å². The molecule has 0 aromatic carbocycles. The smallest absolute Gasteiger partial charge is 0.128 e. The Labute approximate surface area is 94.7 Å². The van der Waals surface area contributed by atoms with Gasteiger partial charge in [-0.2, -0.15) is 0 Å². The number of hydrogen-bond donors (Lipinski definition) is 2. The molecule has 1 aromatic heterocycles. The second-order valence-electron chi connectivity index (χ2n) is 3.50. The number of aromatic nitrogens is 1. The average Bonchev–Trinajstić information content (AvgIpc) is 2.17. The number of likely N-dealkylation sites (N-methyl/N-ethyl adjacent to an activating group) is 1. The van der Waals surface area contributed by atoms with Crippen LogP contribution in [0.15, 0.2) is 18.3 Å². The van der Waals surface area contributed by atoms with E-state index in [1.54, 1.807) is 13.1 Å². The lowest BCUT2D eigenvalue weighted by atomic mass is 10.3. The Morgan fingerprint density at radius 1 is 1.67 bits per heavy atom. The molecule has 82 valence electrons. The van der Waals surface area contributed by atoms with Crippen molar-refractivity contribution in [1.29, 1.82) is 0 Å². The van der Waals surface area contributed by atoms with Crippen molar-refractivity contribution in [3.63, 3.8) is 0 Å². The third kappa shape index (κ3) is 3.45. The van der Waals surface area contributed by atoms with E-state index >= 15 is 0 Å². The van der Waals surface area contributed by atoms with Gasteiger partial charge in [-0.15, -0.1) is 0 Å². The number of thiocarbonyl (C=S) groups is 1. The van der Waals surface area contributed by atoms with E-state index in [1.807, 2.05) is 24.1 Å². The maximum atomic E-state index is 9.22. The predicted molar refractivity (Wildman–Crippen MR) is 65.1 cm³/mol. The first-order valence-corrected chi connectivity index (χ1v) is 5.06. The summed E-state index contributed by atoms with van der Waals surface area (Å²) in [6.07, 6.45) is 1.25. The van der Waals surface area contributed by atoms with Gasteiger partial charge in [-0.05, 0) is 19.1 Å². The highest BCUT2D eigenvalue weighted by Gasteiger charge is 2.05. The summed E-state index contributed by atoms with van der Waals surface area (Å²) in [6.45, 7) is 2.28. The highest BCUT2D eigenvalue weighted by Crippen LogP contribution is 2.09. The molecule has 1 aromatic rings. The van der Waals surface area contributed by atoms with Crippen LogP contribution in [0.2, 0.25) is 0 Å². The molecule has 0 fully saturated rings. The van der Waals surface area contributed by atoms with Gasteiger partial charge in [0.2, 0.25) is 0 Å². The number of nitrogens with zero attached hydrogens (tertiary/aromatic N) is 2. The molecule has 0 aliphatic carbocycles. The van der Waals surface area contributed by atoms with Crippen LogP contribution in [0.3, 0.4) is 0 Å². The van der Waals surface area contributed by atoms with Crippen LogP contribution in [-0.4, -0.2) is 34.8 Å². The summed E-state index contributed by atoms with van der Waals surface area (Å²) in [5.41, 5.74) is 6.21. The molecule has 0 spiro atoms. The molecule has 1 rings (SSSR count). The number of aliphatic hydroxyl groups is 1. The van der Waals surface area contributed by atoms with Crippen molar-refractivity contribution in [2.45, 2.75) is 13.0 Å². The Hall–Kier alpha value is -1.20. The summed E-state index contributed by atoms with van der Waals surface area (Å²) in [4.78, 5) is 6.41. The zero-order valence-corrected chi connectivity index (χ0v) is 9.66. The van der Waals surface area contributed by atoms with Gasteiger partial charge in [0.1, 0.15) is 10.8 Å². The van der Waals surface area contributed by atoms with Crippen molar-refractivity contribution in [1.82, 2.24) is 4.98 Å². The minimum atomic E-state index is -0.382. The van der Waals surface area contributed by atoms with Gasteiger partial charge in [0.15, 0.2) is 0 Å². The maximum absolute atomic E-state index is 9.22. The van der Waals surface area contributed by atoms with Crippen molar-refractivity contribution >= 4 is 23.0 Å². The first-order chi connectivity index (χ1) is 7.00. The minimum Gasteiger partial charge on any atom is -0.392 e. The highest BCUT2D eigenvalue weighted by molar-refractivity contribution is 7.80. The largest absolute Gasteiger partial charge is 0.392 e. The van der Waals surface area contributed by atoms with Crippen LogP contribution in [0.5, 0.6) is 0 Å². The first kappa shape index (κ1) is 11.9. The molecule has 0 saturated carbocycles. The fraction of sp³-hybridized carbons (Fsp3) is 0.400. The second kappa shape index (κ2) is 5.04. The van der Waals surface area contributed by atoms with Gasteiger partial charge in [0.25, 0.3) is 0 Å². The number of hydrogen-bond acceptors (Lipinski definition) is 4. The van der Waals surface area contributed by atoms with E-state index in [1.165, 1.54) is 0 Å². The first-order valence-electron chi connectivity index (χ1n) is 4.65. The second-order valence-corrected chi connectivity index (χ2v) is 3.94. The van der Waals surface area contributed by atoms with Crippen molar-refractivity contribution in [2.24, 2.45) is 5.73 Å². The van der Waals surface area contributed by atoms with E-state index < -0.39 is 0 Å². The molecule has 0 amide bonds. The Bertz CT molecular complexity index is 337. The Morgan fingerprint density at radius 3 is 2.73 bits per heavy atom. The van der Waals surface area contributed by atoms with Crippen molar-refractivity contribution < 1.29 is 5.11 Å². The van der Waals surface area contributed by atoms with E-state index in [0.717, 1.165) is 11.4 Å². The lowest BCUT2D eigenvalue weighted by Crippen LogP contribution is -2.27. The fourth-order valence-corrected chi connectivity index (χ4v) is 1.37. The van der Waals surface area contributed by atoms with Crippen molar-refractivity contribution in [3.05, 3.63) is 23.9 Å². The molecule has 5 heteroatoms. The average molecular weight is 225 g/mol. The summed E-state index contributed by atoms with van der Waals surface area (Å²) in [6, 6.07) is 3.65. The SMILES string of the molecule is CC(O)CN(C)c1ccc(C(N)=S)cn1. The number of rotatable bonds is 4. The lowest BCUT2D eigenvalue weighted by Gasteiger charge is -2.19. The van der Waals surface area contributed by atoms with Crippen LogP contribution in [0.25, 0.3) is 0 Å². The van der Waals surface area contributed by atoms with Gasteiger partial charge in [0.05, 0.1) is 6.10 Å². The van der Waals surface area contributed by atoms with Crippen LogP contribution >= 0.6 is 12.2 Å². The molecular formula is C10H15N3OS. The summed E-state index contributed by atoms with van der Waals surface area (Å²) >= 11 is 4.83. The number of anilines is 1. The molecule has 15 heavy (non-hydrogen) atoms. The lowest BCUT2D eigenvalue weighted by molar-refractivity contribution is 0.201. The standard InChI is InChI=1S/C10H15N3OS/c1-7(14)6-13(2)9-4-3-8(5-12-9)10(11)15/h3-5,7,14H,6H2,1-2H3,(H2,11,15). The van der Waals surface area contributed by atoms with Gasteiger partial charge >= 0.3 is 0 Å².